The van der Waals surface area contributed by atoms with Crippen molar-refractivity contribution >= 4 is 38.3 Å². The van der Waals surface area contributed by atoms with Crippen LogP contribution in [0.1, 0.15) is 0 Å². The maximum absolute atomic E-state index is 6.19. The summed E-state index contributed by atoms with van der Waals surface area (Å²) in [5.41, 5.74) is 0. The van der Waals surface area contributed by atoms with Crippen molar-refractivity contribution in [3.63, 3.8) is 0 Å². The third-order valence-corrected chi connectivity index (χ3v) is 3.79. The largest absolute Gasteiger partial charge is 0.480 e. The van der Waals surface area contributed by atoms with E-state index in [4.69, 9.17) is 21.1 Å². The Hall–Kier alpha value is -1.85. The first kappa shape index (κ1) is 14.1. The molecule has 0 saturated heterocycles. The molecule has 0 aliphatic carbocycles. The summed E-state index contributed by atoms with van der Waals surface area (Å²) in [5.74, 6) is 1.05. The molecule has 6 heteroatoms. The van der Waals surface area contributed by atoms with Crippen LogP contribution in [0.4, 0.5) is 0 Å². The third-order valence-electron chi connectivity index (χ3n) is 2.92. The number of fused-ring (bicyclic) bond motifs is 1. The number of nitrogens with zero attached hydrogens (tertiary/aromatic N) is 2. The van der Waals surface area contributed by atoms with E-state index in [1.165, 1.54) is 7.11 Å². The highest BCUT2D eigenvalue weighted by Gasteiger charge is 2.10. The van der Waals surface area contributed by atoms with Crippen molar-refractivity contribution in [1.82, 2.24) is 9.97 Å². The van der Waals surface area contributed by atoms with E-state index in [0.717, 1.165) is 10.8 Å². The molecular weight excluding hydrogens is 356 g/mol. The number of ether oxygens (including phenoxy) is 2. The average Bonchev–Trinajstić information content (AvgIpc) is 2.52. The lowest BCUT2D eigenvalue weighted by Crippen LogP contribution is -1.96. The summed E-state index contributed by atoms with van der Waals surface area (Å²) < 4.78 is 11.6. The number of hydrogen-bond acceptors (Lipinski definition) is 4. The van der Waals surface area contributed by atoms with Crippen LogP contribution in [0.5, 0.6) is 17.6 Å². The Balaban J connectivity index is 2.04. The monoisotopic (exact) mass is 364 g/mol. The quantitative estimate of drug-likeness (QED) is 0.666. The van der Waals surface area contributed by atoms with Gasteiger partial charge in [-0.05, 0) is 28.1 Å². The fourth-order valence-electron chi connectivity index (χ4n) is 1.95. The first-order valence-electron chi connectivity index (χ1n) is 6.10. The Labute approximate surface area is 134 Å². The van der Waals surface area contributed by atoms with E-state index in [-0.39, 0.29) is 6.01 Å². The summed E-state index contributed by atoms with van der Waals surface area (Å²) in [6.45, 7) is 0. The number of hydrogen-bond donors (Lipinski definition) is 0. The molecule has 4 nitrogen and oxygen atoms in total. The molecule has 0 aliphatic heterocycles. The van der Waals surface area contributed by atoms with Crippen LogP contribution in [0.15, 0.2) is 47.1 Å². The van der Waals surface area contributed by atoms with Crippen molar-refractivity contribution in [2.75, 3.05) is 7.11 Å². The molecule has 21 heavy (non-hydrogen) atoms. The van der Waals surface area contributed by atoms with Crippen LogP contribution >= 0.6 is 27.5 Å². The van der Waals surface area contributed by atoms with E-state index < -0.39 is 0 Å². The zero-order chi connectivity index (χ0) is 14.8. The first-order chi connectivity index (χ1) is 10.2. The van der Waals surface area contributed by atoms with E-state index in [1.807, 2.05) is 24.3 Å². The van der Waals surface area contributed by atoms with Crippen LogP contribution in [-0.2, 0) is 0 Å². The molecule has 1 heterocycles. The van der Waals surface area contributed by atoms with Crippen molar-refractivity contribution < 1.29 is 9.47 Å². The molecule has 0 N–H and O–H groups in total. The van der Waals surface area contributed by atoms with Gasteiger partial charge in [0.1, 0.15) is 5.75 Å². The van der Waals surface area contributed by atoms with Gasteiger partial charge in [-0.25, -0.2) is 4.98 Å². The molecule has 3 aromatic rings. The van der Waals surface area contributed by atoms with E-state index in [0.29, 0.717) is 21.1 Å². The standard InChI is InChI=1S/C15H10BrClN2O2/c1-20-14-11(16)8-18-15(19-14)21-13-7-6-12(17)9-4-2-3-5-10(9)13/h2-8H,1H3. The van der Waals surface area contributed by atoms with Gasteiger partial charge >= 0.3 is 6.01 Å². The van der Waals surface area contributed by atoms with Gasteiger partial charge in [-0.1, -0.05) is 35.9 Å². The summed E-state index contributed by atoms with van der Waals surface area (Å²) in [7, 11) is 1.54. The van der Waals surface area contributed by atoms with Gasteiger partial charge in [-0.3, -0.25) is 0 Å². The zero-order valence-corrected chi connectivity index (χ0v) is 13.4. The van der Waals surface area contributed by atoms with Crippen LogP contribution in [0.2, 0.25) is 5.02 Å². The highest BCUT2D eigenvalue weighted by atomic mass is 79.9. The Bertz CT molecular complexity index is 811. The van der Waals surface area contributed by atoms with Crippen molar-refractivity contribution in [3.05, 3.63) is 52.1 Å². The predicted octanol–water partition coefficient (Wildman–Crippen LogP) is 4.85. The minimum absolute atomic E-state index is 0.211. The fourth-order valence-corrected chi connectivity index (χ4v) is 2.53. The predicted molar refractivity (Wildman–Crippen MR) is 85.3 cm³/mol. The van der Waals surface area contributed by atoms with Crippen LogP contribution in [0, 0.1) is 0 Å². The minimum Gasteiger partial charge on any atom is -0.480 e. The van der Waals surface area contributed by atoms with E-state index >= 15 is 0 Å². The van der Waals surface area contributed by atoms with Gasteiger partial charge in [-0.15, -0.1) is 0 Å². The highest BCUT2D eigenvalue weighted by molar-refractivity contribution is 9.10. The van der Waals surface area contributed by atoms with Gasteiger partial charge in [0.2, 0.25) is 5.88 Å². The summed E-state index contributed by atoms with van der Waals surface area (Å²) in [6.07, 6.45) is 1.58. The molecule has 106 valence electrons. The maximum Gasteiger partial charge on any atom is 0.325 e. The molecule has 0 radical (unpaired) electrons. The van der Waals surface area contributed by atoms with E-state index in [9.17, 15) is 0 Å². The Morgan fingerprint density at radius 2 is 1.86 bits per heavy atom. The van der Waals surface area contributed by atoms with Gasteiger partial charge in [-0.2, -0.15) is 4.98 Å². The second-order valence-corrected chi connectivity index (χ2v) is 5.46. The lowest BCUT2D eigenvalue weighted by molar-refractivity contribution is 0.374. The summed E-state index contributed by atoms with van der Waals surface area (Å²) >= 11 is 9.49. The van der Waals surface area contributed by atoms with Crippen molar-refractivity contribution in [2.45, 2.75) is 0 Å². The Kier molecular flexibility index (Phi) is 3.94. The van der Waals surface area contributed by atoms with Crippen LogP contribution in [0.3, 0.4) is 0 Å². The van der Waals surface area contributed by atoms with Gasteiger partial charge in [0.25, 0.3) is 0 Å². The average molecular weight is 366 g/mol. The van der Waals surface area contributed by atoms with Gasteiger partial charge in [0, 0.05) is 15.8 Å². The lowest BCUT2D eigenvalue weighted by atomic mass is 10.1. The molecule has 0 spiro atoms. The van der Waals surface area contributed by atoms with Gasteiger partial charge < -0.3 is 9.47 Å². The number of rotatable bonds is 3. The molecular formula is C15H10BrClN2O2. The van der Waals surface area contributed by atoms with Crippen molar-refractivity contribution in [1.29, 1.82) is 0 Å². The SMILES string of the molecule is COc1nc(Oc2ccc(Cl)c3ccccc23)ncc1Br. The fraction of sp³-hybridized carbons (Fsp3) is 0.0667. The molecule has 2 aromatic carbocycles. The maximum atomic E-state index is 6.19. The molecule has 0 saturated carbocycles. The molecule has 0 unspecified atom stereocenters. The van der Waals surface area contributed by atoms with Crippen LogP contribution in [0.25, 0.3) is 10.8 Å². The van der Waals surface area contributed by atoms with Gasteiger partial charge in [0.15, 0.2) is 0 Å². The second kappa shape index (κ2) is 5.87. The molecule has 0 bridgehead atoms. The summed E-state index contributed by atoms with van der Waals surface area (Å²) in [6, 6.07) is 11.5. The van der Waals surface area contributed by atoms with Gasteiger partial charge in [0.05, 0.1) is 17.8 Å². The molecule has 3 rings (SSSR count). The third kappa shape index (κ3) is 2.80. The van der Waals surface area contributed by atoms with Crippen LogP contribution < -0.4 is 9.47 Å². The Morgan fingerprint density at radius 3 is 2.62 bits per heavy atom. The Morgan fingerprint density at radius 1 is 1.10 bits per heavy atom. The number of halogens is 2. The molecule has 0 amide bonds. The van der Waals surface area contributed by atoms with Crippen LogP contribution in [-0.4, -0.2) is 17.1 Å². The summed E-state index contributed by atoms with van der Waals surface area (Å²) in [5, 5.41) is 2.49. The minimum atomic E-state index is 0.211. The molecule has 0 aliphatic rings. The second-order valence-electron chi connectivity index (χ2n) is 4.20. The lowest BCUT2D eigenvalue weighted by Gasteiger charge is -2.09. The zero-order valence-electron chi connectivity index (χ0n) is 11.0. The number of methoxy groups -OCH3 is 1. The topological polar surface area (TPSA) is 44.2 Å². The van der Waals surface area contributed by atoms with Crippen molar-refractivity contribution in [3.8, 4) is 17.6 Å². The molecule has 0 fully saturated rings. The number of aromatic nitrogens is 2. The smallest absolute Gasteiger partial charge is 0.325 e. The highest BCUT2D eigenvalue weighted by Crippen LogP contribution is 2.34. The normalized spacial score (nSPS) is 10.6. The molecule has 1 aromatic heterocycles. The number of benzene rings is 2. The summed E-state index contributed by atoms with van der Waals surface area (Å²) in [4.78, 5) is 8.30. The first-order valence-corrected chi connectivity index (χ1v) is 7.28. The van der Waals surface area contributed by atoms with E-state index in [2.05, 4.69) is 25.9 Å². The van der Waals surface area contributed by atoms with E-state index in [1.54, 1.807) is 18.3 Å². The van der Waals surface area contributed by atoms with Crippen molar-refractivity contribution in [2.24, 2.45) is 0 Å². The molecule has 0 atom stereocenters.